The maximum Gasteiger partial charge on any atom is 0.0670 e. The lowest BCUT2D eigenvalue weighted by atomic mass is 9.76. The highest BCUT2D eigenvalue weighted by molar-refractivity contribution is 5.99. The fourth-order valence-electron chi connectivity index (χ4n) is 2.62. The van der Waals surface area contributed by atoms with Gasteiger partial charge in [0.1, 0.15) is 0 Å². The van der Waals surface area contributed by atoms with Crippen molar-refractivity contribution in [3.8, 4) is 0 Å². The van der Waals surface area contributed by atoms with Crippen LogP contribution in [0.5, 0.6) is 0 Å². The first kappa shape index (κ1) is 12.3. The summed E-state index contributed by atoms with van der Waals surface area (Å²) in [6.07, 6.45) is 4.28. The highest BCUT2D eigenvalue weighted by Crippen LogP contribution is 2.42. The van der Waals surface area contributed by atoms with Crippen LogP contribution in [0.15, 0.2) is 29.3 Å². The van der Waals surface area contributed by atoms with Gasteiger partial charge in [0.2, 0.25) is 0 Å². The standard InChI is InChI=1S/C15H21NO/c1-12-15(2,10-6-3-7-11-17)13-8-4-5-9-14(13)16-12/h4-5,8-9,17H,3,6-7,10-11H2,1-2H3. The number of rotatable bonds is 5. The van der Waals surface area contributed by atoms with Gasteiger partial charge in [-0.25, -0.2) is 0 Å². The molecule has 1 N–H and O–H groups in total. The molecule has 0 spiro atoms. The van der Waals surface area contributed by atoms with Gasteiger partial charge in [-0.2, -0.15) is 0 Å². The van der Waals surface area contributed by atoms with Gasteiger partial charge in [-0.3, -0.25) is 4.99 Å². The van der Waals surface area contributed by atoms with Crippen LogP contribution in [-0.4, -0.2) is 17.4 Å². The number of hydrogen-bond donors (Lipinski definition) is 1. The molecule has 1 unspecified atom stereocenters. The highest BCUT2D eigenvalue weighted by atomic mass is 16.2. The topological polar surface area (TPSA) is 32.6 Å². The number of hydrogen-bond acceptors (Lipinski definition) is 2. The Morgan fingerprint density at radius 3 is 2.71 bits per heavy atom. The molecule has 1 aliphatic heterocycles. The summed E-state index contributed by atoms with van der Waals surface area (Å²) in [4.78, 5) is 4.67. The third-order valence-electron chi connectivity index (χ3n) is 3.92. The fraction of sp³-hybridized carbons (Fsp3) is 0.533. The number of aliphatic imine (C=N–C) groups is 1. The summed E-state index contributed by atoms with van der Waals surface area (Å²) < 4.78 is 0. The van der Waals surface area contributed by atoms with Gasteiger partial charge in [-0.05, 0) is 31.4 Å². The molecule has 17 heavy (non-hydrogen) atoms. The van der Waals surface area contributed by atoms with Gasteiger partial charge in [0, 0.05) is 17.7 Å². The third kappa shape index (κ3) is 2.27. The van der Waals surface area contributed by atoms with E-state index in [0.717, 1.165) is 31.4 Å². The van der Waals surface area contributed by atoms with E-state index in [1.54, 1.807) is 0 Å². The Bertz CT molecular complexity index is 425. The van der Waals surface area contributed by atoms with E-state index in [1.165, 1.54) is 11.3 Å². The van der Waals surface area contributed by atoms with Gasteiger partial charge >= 0.3 is 0 Å². The smallest absolute Gasteiger partial charge is 0.0670 e. The van der Waals surface area contributed by atoms with E-state index in [0.29, 0.717) is 6.61 Å². The molecule has 0 aromatic heterocycles. The molecule has 0 fully saturated rings. The SMILES string of the molecule is CC1=Nc2ccccc2C1(C)CCCCCO. The fourth-order valence-corrected chi connectivity index (χ4v) is 2.62. The van der Waals surface area contributed by atoms with Crippen LogP contribution in [0, 0.1) is 0 Å². The summed E-state index contributed by atoms with van der Waals surface area (Å²) in [5.74, 6) is 0. The molecule has 1 aromatic carbocycles. The van der Waals surface area contributed by atoms with Gasteiger partial charge in [-0.15, -0.1) is 0 Å². The average Bonchev–Trinajstić information content (AvgIpc) is 2.59. The molecule has 2 rings (SSSR count). The maximum absolute atomic E-state index is 8.81. The number of nitrogens with zero attached hydrogens (tertiary/aromatic N) is 1. The number of benzene rings is 1. The van der Waals surface area contributed by atoms with Crippen molar-refractivity contribution >= 4 is 11.4 Å². The van der Waals surface area contributed by atoms with Crippen LogP contribution in [0.2, 0.25) is 0 Å². The molecule has 0 aliphatic carbocycles. The zero-order valence-electron chi connectivity index (χ0n) is 10.7. The largest absolute Gasteiger partial charge is 0.396 e. The van der Waals surface area contributed by atoms with Crippen molar-refractivity contribution in [3.63, 3.8) is 0 Å². The third-order valence-corrected chi connectivity index (χ3v) is 3.92. The molecular weight excluding hydrogens is 210 g/mol. The van der Waals surface area contributed by atoms with Gasteiger partial charge in [0.05, 0.1) is 5.69 Å². The quantitative estimate of drug-likeness (QED) is 0.771. The minimum atomic E-state index is 0.103. The van der Waals surface area contributed by atoms with Crippen LogP contribution in [0.1, 0.15) is 45.1 Å². The van der Waals surface area contributed by atoms with Crippen LogP contribution in [0.25, 0.3) is 0 Å². The number of unbranched alkanes of at least 4 members (excludes halogenated alkanes) is 2. The lowest BCUT2D eigenvalue weighted by Crippen LogP contribution is -2.27. The summed E-state index contributed by atoms with van der Waals surface area (Å²) in [7, 11) is 0. The Hall–Kier alpha value is -1.15. The minimum Gasteiger partial charge on any atom is -0.396 e. The first-order valence-electron chi connectivity index (χ1n) is 6.44. The van der Waals surface area contributed by atoms with Gasteiger partial charge < -0.3 is 5.11 Å². The maximum atomic E-state index is 8.81. The summed E-state index contributed by atoms with van der Waals surface area (Å²) in [6.45, 7) is 4.73. The van der Waals surface area contributed by atoms with Crippen LogP contribution in [-0.2, 0) is 5.41 Å². The first-order chi connectivity index (χ1) is 8.18. The summed E-state index contributed by atoms with van der Waals surface area (Å²) in [6, 6.07) is 8.44. The summed E-state index contributed by atoms with van der Waals surface area (Å²) in [5.41, 5.74) is 3.82. The van der Waals surface area contributed by atoms with E-state index >= 15 is 0 Å². The Kier molecular flexibility index (Phi) is 3.63. The molecule has 1 atom stereocenters. The van der Waals surface area contributed by atoms with Crippen molar-refractivity contribution in [1.29, 1.82) is 0 Å². The second-order valence-corrected chi connectivity index (χ2v) is 5.08. The molecule has 1 aromatic rings. The van der Waals surface area contributed by atoms with Crippen LogP contribution in [0.3, 0.4) is 0 Å². The van der Waals surface area contributed by atoms with Crippen molar-refractivity contribution in [3.05, 3.63) is 29.8 Å². The van der Waals surface area contributed by atoms with Gasteiger partial charge in [0.25, 0.3) is 0 Å². The van der Waals surface area contributed by atoms with Gasteiger partial charge in [-0.1, -0.05) is 38.0 Å². The Labute approximate surface area is 103 Å². The van der Waals surface area contributed by atoms with Crippen molar-refractivity contribution < 1.29 is 5.11 Å². The zero-order valence-corrected chi connectivity index (χ0v) is 10.7. The van der Waals surface area contributed by atoms with Crippen molar-refractivity contribution in [1.82, 2.24) is 0 Å². The molecule has 1 heterocycles. The Morgan fingerprint density at radius 1 is 1.18 bits per heavy atom. The predicted molar refractivity (Wildman–Crippen MR) is 72.1 cm³/mol. The van der Waals surface area contributed by atoms with Crippen molar-refractivity contribution in [2.24, 2.45) is 4.99 Å². The number of aliphatic hydroxyl groups is 1. The first-order valence-corrected chi connectivity index (χ1v) is 6.44. The molecule has 0 saturated carbocycles. The summed E-state index contributed by atoms with van der Waals surface area (Å²) in [5, 5.41) is 8.81. The normalized spacial score (nSPS) is 22.4. The van der Waals surface area contributed by atoms with Crippen molar-refractivity contribution in [2.75, 3.05) is 6.61 Å². The zero-order chi connectivity index (χ0) is 12.3. The molecule has 92 valence electrons. The van der Waals surface area contributed by atoms with E-state index in [-0.39, 0.29) is 5.41 Å². The molecule has 2 nitrogen and oxygen atoms in total. The molecule has 0 radical (unpaired) electrons. The van der Waals surface area contributed by atoms with E-state index in [9.17, 15) is 0 Å². The lowest BCUT2D eigenvalue weighted by molar-refractivity contribution is 0.281. The number of fused-ring (bicyclic) bond motifs is 1. The Balaban J connectivity index is 2.12. The molecule has 2 heteroatoms. The molecule has 1 aliphatic rings. The molecule has 0 amide bonds. The monoisotopic (exact) mass is 231 g/mol. The number of aliphatic hydroxyl groups excluding tert-OH is 1. The van der Waals surface area contributed by atoms with E-state index < -0.39 is 0 Å². The second kappa shape index (κ2) is 5.01. The van der Waals surface area contributed by atoms with Gasteiger partial charge in [0.15, 0.2) is 0 Å². The second-order valence-electron chi connectivity index (χ2n) is 5.08. The van der Waals surface area contributed by atoms with Crippen molar-refractivity contribution in [2.45, 2.75) is 44.9 Å². The molecular formula is C15H21NO. The van der Waals surface area contributed by atoms with Crippen LogP contribution in [0.4, 0.5) is 5.69 Å². The Morgan fingerprint density at radius 2 is 1.94 bits per heavy atom. The van der Waals surface area contributed by atoms with E-state index in [1.807, 2.05) is 6.07 Å². The van der Waals surface area contributed by atoms with Crippen LogP contribution < -0.4 is 0 Å². The molecule has 0 saturated heterocycles. The molecule has 0 bridgehead atoms. The minimum absolute atomic E-state index is 0.103. The average molecular weight is 231 g/mol. The van der Waals surface area contributed by atoms with E-state index in [2.05, 4.69) is 37.0 Å². The lowest BCUT2D eigenvalue weighted by Gasteiger charge is -2.26. The predicted octanol–water partition coefficient (Wildman–Crippen LogP) is 3.60. The number of para-hydroxylation sites is 1. The summed E-state index contributed by atoms with van der Waals surface area (Å²) >= 11 is 0. The van der Waals surface area contributed by atoms with E-state index in [4.69, 9.17) is 5.11 Å². The van der Waals surface area contributed by atoms with Crippen LogP contribution >= 0.6 is 0 Å². The highest BCUT2D eigenvalue weighted by Gasteiger charge is 2.35.